The lowest BCUT2D eigenvalue weighted by Crippen LogP contribution is -2.50. The van der Waals surface area contributed by atoms with Gasteiger partial charge in [0.25, 0.3) is 0 Å². The van der Waals surface area contributed by atoms with Crippen molar-refractivity contribution in [2.45, 2.75) is 46.7 Å². The number of benzene rings is 1. The summed E-state index contributed by atoms with van der Waals surface area (Å²) >= 11 is 0. The number of rotatable bonds is 4. The molecule has 1 fully saturated rings. The number of nitrogens with one attached hydrogen (secondary N) is 1. The predicted molar refractivity (Wildman–Crippen MR) is 82.4 cm³/mol. The zero-order valence-electron chi connectivity index (χ0n) is 12.9. The van der Waals surface area contributed by atoms with Crippen LogP contribution in [0.25, 0.3) is 0 Å². The Balaban J connectivity index is 1.92. The molecule has 1 N–H and O–H groups in total. The van der Waals surface area contributed by atoms with E-state index < -0.39 is 0 Å². The van der Waals surface area contributed by atoms with Crippen LogP contribution in [0.4, 0.5) is 0 Å². The molecule has 0 saturated carbocycles. The van der Waals surface area contributed by atoms with E-state index in [1.165, 1.54) is 36.2 Å². The van der Waals surface area contributed by atoms with Gasteiger partial charge in [-0.3, -0.25) is 4.90 Å². The molecule has 1 saturated heterocycles. The first-order valence-corrected chi connectivity index (χ1v) is 7.56. The first-order valence-electron chi connectivity index (χ1n) is 7.56. The third kappa shape index (κ3) is 4.32. The van der Waals surface area contributed by atoms with Gasteiger partial charge in [0.2, 0.25) is 0 Å². The third-order valence-electron chi connectivity index (χ3n) is 4.07. The van der Waals surface area contributed by atoms with Crippen LogP contribution in [0.15, 0.2) is 18.2 Å². The molecule has 2 rings (SSSR count). The maximum Gasteiger partial charge on any atom is 0.0235 e. The Morgan fingerprint density at radius 1 is 1.26 bits per heavy atom. The minimum absolute atomic E-state index is 0.667. The van der Waals surface area contributed by atoms with Crippen molar-refractivity contribution < 1.29 is 0 Å². The molecular weight excluding hydrogens is 232 g/mol. The zero-order valence-corrected chi connectivity index (χ0v) is 12.9. The molecule has 0 aliphatic carbocycles. The van der Waals surface area contributed by atoms with Crippen LogP contribution in [0.5, 0.6) is 0 Å². The van der Waals surface area contributed by atoms with Crippen molar-refractivity contribution in [1.82, 2.24) is 10.2 Å². The molecule has 2 nitrogen and oxygen atoms in total. The molecule has 1 heterocycles. The number of aryl methyl sites for hydroxylation is 2. The summed E-state index contributed by atoms with van der Waals surface area (Å²) in [5.74, 6) is 0.777. The fourth-order valence-electron chi connectivity index (χ4n) is 2.92. The van der Waals surface area contributed by atoms with Gasteiger partial charge < -0.3 is 5.32 Å². The molecule has 106 valence electrons. The number of hydrogen-bond donors (Lipinski definition) is 1. The van der Waals surface area contributed by atoms with Crippen LogP contribution in [0, 0.1) is 19.8 Å². The van der Waals surface area contributed by atoms with E-state index in [0.29, 0.717) is 6.04 Å². The number of piperazine rings is 1. The normalized spacial score (nSPS) is 21.0. The number of hydrogen-bond acceptors (Lipinski definition) is 2. The Hall–Kier alpha value is -0.860. The van der Waals surface area contributed by atoms with Gasteiger partial charge in [0.1, 0.15) is 0 Å². The van der Waals surface area contributed by atoms with Crippen LogP contribution in [-0.2, 0) is 6.54 Å². The van der Waals surface area contributed by atoms with Crippen LogP contribution in [0.1, 0.15) is 37.0 Å². The second-order valence-electron chi connectivity index (χ2n) is 6.43. The Morgan fingerprint density at radius 2 is 2.05 bits per heavy atom. The van der Waals surface area contributed by atoms with Gasteiger partial charge in [-0.15, -0.1) is 0 Å². The highest BCUT2D eigenvalue weighted by molar-refractivity contribution is 5.29. The van der Waals surface area contributed by atoms with E-state index in [2.05, 4.69) is 56.1 Å². The lowest BCUT2D eigenvalue weighted by Gasteiger charge is -2.34. The van der Waals surface area contributed by atoms with Crippen molar-refractivity contribution in [3.8, 4) is 0 Å². The highest BCUT2D eigenvalue weighted by Crippen LogP contribution is 2.15. The van der Waals surface area contributed by atoms with Gasteiger partial charge in [-0.1, -0.05) is 32.0 Å². The summed E-state index contributed by atoms with van der Waals surface area (Å²) in [5.41, 5.74) is 4.25. The summed E-state index contributed by atoms with van der Waals surface area (Å²) in [4.78, 5) is 2.59. The van der Waals surface area contributed by atoms with Crippen LogP contribution < -0.4 is 5.32 Å². The zero-order chi connectivity index (χ0) is 13.8. The van der Waals surface area contributed by atoms with Crippen LogP contribution in [-0.4, -0.2) is 30.6 Å². The molecule has 1 aliphatic heterocycles. The lowest BCUT2D eigenvalue weighted by atomic mass is 10.0. The fourth-order valence-corrected chi connectivity index (χ4v) is 2.92. The molecule has 1 atom stereocenters. The summed E-state index contributed by atoms with van der Waals surface area (Å²) in [5, 5.41) is 3.65. The van der Waals surface area contributed by atoms with Crippen molar-refractivity contribution >= 4 is 0 Å². The van der Waals surface area contributed by atoms with Crippen molar-refractivity contribution in [2.75, 3.05) is 19.6 Å². The quantitative estimate of drug-likeness (QED) is 0.895. The fraction of sp³-hybridized carbons (Fsp3) is 0.647. The van der Waals surface area contributed by atoms with Crippen molar-refractivity contribution in [2.24, 2.45) is 5.92 Å². The summed E-state index contributed by atoms with van der Waals surface area (Å²) in [6, 6.07) is 7.54. The first kappa shape index (κ1) is 14.5. The average molecular weight is 260 g/mol. The van der Waals surface area contributed by atoms with Gasteiger partial charge in [-0.05, 0) is 42.9 Å². The van der Waals surface area contributed by atoms with E-state index in [4.69, 9.17) is 0 Å². The highest BCUT2D eigenvalue weighted by atomic mass is 15.2. The number of nitrogens with zero attached hydrogens (tertiary/aromatic N) is 1. The minimum Gasteiger partial charge on any atom is -0.311 e. The van der Waals surface area contributed by atoms with Crippen molar-refractivity contribution in [1.29, 1.82) is 0 Å². The van der Waals surface area contributed by atoms with E-state index >= 15 is 0 Å². The molecule has 0 bridgehead atoms. The third-order valence-corrected chi connectivity index (χ3v) is 4.07. The maximum atomic E-state index is 3.65. The van der Waals surface area contributed by atoms with Gasteiger partial charge in [0.15, 0.2) is 0 Å². The molecule has 0 aromatic heterocycles. The van der Waals surface area contributed by atoms with Crippen LogP contribution >= 0.6 is 0 Å². The van der Waals surface area contributed by atoms with E-state index in [0.717, 1.165) is 19.0 Å². The van der Waals surface area contributed by atoms with E-state index in [1.807, 2.05) is 0 Å². The topological polar surface area (TPSA) is 15.3 Å². The predicted octanol–water partition coefficient (Wildman–Crippen LogP) is 3.12. The van der Waals surface area contributed by atoms with Gasteiger partial charge in [0, 0.05) is 32.2 Å². The van der Waals surface area contributed by atoms with E-state index in [-0.39, 0.29) is 0 Å². The summed E-state index contributed by atoms with van der Waals surface area (Å²) in [6.45, 7) is 13.6. The highest BCUT2D eigenvalue weighted by Gasteiger charge is 2.19. The SMILES string of the molecule is Cc1ccc(CN2CCNC(CC(C)C)C2)cc1C. The minimum atomic E-state index is 0.667. The van der Waals surface area contributed by atoms with E-state index in [9.17, 15) is 0 Å². The van der Waals surface area contributed by atoms with Crippen LogP contribution in [0.3, 0.4) is 0 Å². The van der Waals surface area contributed by atoms with Gasteiger partial charge in [0.05, 0.1) is 0 Å². The summed E-state index contributed by atoms with van der Waals surface area (Å²) in [7, 11) is 0. The molecular formula is C17H28N2. The second-order valence-corrected chi connectivity index (χ2v) is 6.43. The molecule has 1 unspecified atom stereocenters. The molecule has 0 radical (unpaired) electrons. The van der Waals surface area contributed by atoms with E-state index in [1.54, 1.807) is 0 Å². The molecule has 1 aromatic carbocycles. The molecule has 0 spiro atoms. The average Bonchev–Trinajstić information content (AvgIpc) is 2.33. The first-order chi connectivity index (χ1) is 9.04. The second kappa shape index (κ2) is 6.53. The Bertz CT molecular complexity index is 412. The molecule has 1 aromatic rings. The Morgan fingerprint density at radius 3 is 2.74 bits per heavy atom. The van der Waals surface area contributed by atoms with Gasteiger partial charge >= 0.3 is 0 Å². The molecule has 0 amide bonds. The molecule has 2 heteroatoms. The maximum absolute atomic E-state index is 3.65. The van der Waals surface area contributed by atoms with Crippen molar-refractivity contribution in [3.05, 3.63) is 34.9 Å². The Labute approximate surface area is 118 Å². The summed E-state index contributed by atoms with van der Waals surface area (Å²) in [6.07, 6.45) is 1.28. The molecule has 19 heavy (non-hydrogen) atoms. The largest absolute Gasteiger partial charge is 0.311 e. The van der Waals surface area contributed by atoms with Crippen LogP contribution in [0.2, 0.25) is 0 Å². The summed E-state index contributed by atoms with van der Waals surface area (Å²) < 4.78 is 0. The molecule has 1 aliphatic rings. The smallest absolute Gasteiger partial charge is 0.0235 e. The monoisotopic (exact) mass is 260 g/mol. The Kier molecular flexibility index (Phi) is 5.00. The van der Waals surface area contributed by atoms with Gasteiger partial charge in [-0.2, -0.15) is 0 Å². The lowest BCUT2D eigenvalue weighted by molar-refractivity contribution is 0.179. The van der Waals surface area contributed by atoms with Crippen molar-refractivity contribution in [3.63, 3.8) is 0 Å². The standard InChI is InChI=1S/C17H28N2/c1-13(2)9-17-12-19(8-7-18-17)11-16-6-5-14(3)15(4)10-16/h5-6,10,13,17-18H,7-9,11-12H2,1-4H3. The van der Waals surface area contributed by atoms with Gasteiger partial charge in [-0.25, -0.2) is 0 Å².